The van der Waals surface area contributed by atoms with Crippen LogP contribution in [0, 0.1) is 13.8 Å². The molecule has 3 aromatic rings. The molecule has 0 aromatic carbocycles. The minimum absolute atomic E-state index is 0.318. The van der Waals surface area contributed by atoms with E-state index < -0.39 is 0 Å². The summed E-state index contributed by atoms with van der Waals surface area (Å²) in [7, 11) is 1.91. The van der Waals surface area contributed by atoms with Gasteiger partial charge in [-0.3, -0.25) is 0 Å². The van der Waals surface area contributed by atoms with Gasteiger partial charge in [0.1, 0.15) is 30.4 Å². The van der Waals surface area contributed by atoms with Crippen molar-refractivity contribution in [2.75, 3.05) is 11.1 Å². The van der Waals surface area contributed by atoms with Gasteiger partial charge in [-0.2, -0.15) is 0 Å². The molecule has 0 radical (unpaired) electrons. The van der Waals surface area contributed by atoms with Crippen LogP contribution >= 0.6 is 0 Å². The maximum absolute atomic E-state index is 5.78. The standard InChI is InChI=1S/C19H23N7O/c1-5-18-25-14(9-26(18)4)10-27-19-7-17(22-11-23-19)21-8-15-12(2)6-16(20)24-13(15)3/h5-7,9,11H,1,8,10H2,2-4H3,(H2,20,24)(H,21,22,23). The van der Waals surface area contributed by atoms with E-state index in [2.05, 4.69) is 31.8 Å². The van der Waals surface area contributed by atoms with Gasteiger partial charge in [-0.15, -0.1) is 0 Å². The van der Waals surface area contributed by atoms with Gasteiger partial charge < -0.3 is 20.4 Å². The van der Waals surface area contributed by atoms with Crippen molar-refractivity contribution < 1.29 is 4.74 Å². The number of nitrogen functional groups attached to an aromatic ring is 1. The fraction of sp³-hybridized carbons (Fsp3) is 0.263. The van der Waals surface area contributed by atoms with Gasteiger partial charge in [0, 0.05) is 31.5 Å². The summed E-state index contributed by atoms with van der Waals surface area (Å²) in [5.74, 6) is 2.47. The number of hydrogen-bond acceptors (Lipinski definition) is 7. The third kappa shape index (κ3) is 4.41. The first-order valence-corrected chi connectivity index (χ1v) is 8.52. The third-order valence-electron chi connectivity index (χ3n) is 4.17. The van der Waals surface area contributed by atoms with E-state index in [1.54, 1.807) is 12.1 Å². The third-order valence-corrected chi connectivity index (χ3v) is 4.17. The van der Waals surface area contributed by atoms with Gasteiger partial charge >= 0.3 is 0 Å². The zero-order valence-electron chi connectivity index (χ0n) is 15.7. The van der Waals surface area contributed by atoms with E-state index in [9.17, 15) is 0 Å². The Morgan fingerprint density at radius 3 is 2.78 bits per heavy atom. The highest BCUT2D eigenvalue weighted by Crippen LogP contribution is 2.18. The second kappa shape index (κ2) is 7.86. The van der Waals surface area contributed by atoms with Gasteiger partial charge in [0.05, 0.1) is 5.69 Å². The van der Waals surface area contributed by atoms with Gasteiger partial charge in [0.25, 0.3) is 0 Å². The van der Waals surface area contributed by atoms with Crippen molar-refractivity contribution in [3.63, 3.8) is 0 Å². The lowest BCUT2D eigenvalue weighted by Crippen LogP contribution is -2.08. The molecule has 3 N–H and O–H groups in total. The molecule has 8 heteroatoms. The first kappa shape index (κ1) is 18.4. The molecule has 0 aliphatic rings. The molecule has 27 heavy (non-hydrogen) atoms. The molecule has 140 valence electrons. The number of imidazole rings is 1. The Morgan fingerprint density at radius 2 is 2.07 bits per heavy atom. The second-order valence-electron chi connectivity index (χ2n) is 6.22. The predicted molar refractivity (Wildman–Crippen MR) is 105 cm³/mol. The molecule has 0 saturated heterocycles. The van der Waals surface area contributed by atoms with E-state index in [4.69, 9.17) is 10.5 Å². The monoisotopic (exact) mass is 365 g/mol. The molecule has 0 bridgehead atoms. The number of anilines is 2. The number of hydrogen-bond donors (Lipinski definition) is 2. The lowest BCUT2D eigenvalue weighted by atomic mass is 10.1. The average molecular weight is 365 g/mol. The van der Waals surface area contributed by atoms with Crippen LogP contribution in [-0.4, -0.2) is 24.5 Å². The summed E-state index contributed by atoms with van der Waals surface area (Å²) in [5, 5.41) is 3.28. The molecular formula is C19H23N7O. The van der Waals surface area contributed by atoms with E-state index >= 15 is 0 Å². The molecule has 0 saturated carbocycles. The number of nitrogens with two attached hydrogens (primary N) is 1. The second-order valence-corrected chi connectivity index (χ2v) is 6.22. The first-order valence-electron chi connectivity index (χ1n) is 8.52. The topological polar surface area (TPSA) is 104 Å². The Kier molecular flexibility index (Phi) is 5.35. The van der Waals surface area contributed by atoms with Crippen LogP contribution in [0.15, 0.2) is 31.2 Å². The van der Waals surface area contributed by atoms with Crippen molar-refractivity contribution in [3.8, 4) is 5.88 Å². The molecular weight excluding hydrogens is 342 g/mol. The highest BCUT2D eigenvalue weighted by Gasteiger charge is 2.08. The van der Waals surface area contributed by atoms with Gasteiger partial charge in [-0.05, 0) is 37.1 Å². The van der Waals surface area contributed by atoms with Crippen LogP contribution in [0.4, 0.5) is 11.6 Å². The van der Waals surface area contributed by atoms with Gasteiger partial charge in [-0.25, -0.2) is 19.9 Å². The van der Waals surface area contributed by atoms with Crippen LogP contribution in [-0.2, 0) is 20.2 Å². The summed E-state index contributed by atoms with van der Waals surface area (Å²) in [5.41, 5.74) is 9.66. The van der Waals surface area contributed by atoms with Crippen molar-refractivity contribution in [2.24, 2.45) is 7.05 Å². The number of nitrogens with zero attached hydrogens (tertiary/aromatic N) is 5. The number of ether oxygens (including phenoxy) is 1. The zero-order chi connectivity index (χ0) is 19.4. The SMILES string of the molecule is C=Cc1nc(COc2cc(NCc3c(C)cc(N)nc3C)ncn2)cn1C. The Labute approximate surface area is 158 Å². The number of rotatable bonds is 7. The fourth-order valence-corrected chi connectivity index (χ4v) is 2.80. The largest absolute Gasteiger partial charge is 0.471 e. The van der Waals surface area contributed by atoms with Crippen LogP contribution in [0.1, 0.15) is 28.3 Å². The molecule has 3 aromatic heterocycles. The maximum Gasteiger partial charge on any atom is 0.218 e. The summed E-state index contributed by atoms with van der Waals surface area (Å²) in [6, 6.07) is 3.62. The summed E-state index contributed by atoms with van der Waals surface area (Å²) >= 11 is 0. The lowest BCUT2D eigenvalue weighted by Gasteiger charge is -2.12. The summed E-state index contributed by atoms with van der Waals surface area (Å²) in [4.78, 5) is 17.1. The molecule has 3 heterocycles. The van der Waals surface area contributed by atoms with Crippen molar-refractivity contribution in [1.82, 2.24) is 24.5 Å². The number of nitrogens with one attached hydrogen (secondary N) is 1. The van der Waals surface area contributed by atoms with Crippen molar-refractivity contribution in [3.05, 3.63) is 59.6 Å². The number of pyridine rings is 1. The highest BCUT2D eigenvalue weighted by atomic mass is 16.5. The minimum atomic E-state index is 0.318. The first-order chi connectivity index (χ1) is 13.0. The van der Waals surface area contributed by atoms with Crippen LogP contribution in [0.5, 0.6) is 5.88 Å². The number of aromatic nitrogens is 5. The van der Waals surface area contributed by atoms with Crippen LogP contribution in [0.3, 0.4) is 0 Å². The van der Waals surface area contributed by atoms with Gasteiger partial charge in [0.15, 0.2) is 0 Å². The molecule has 0 atom stereocenters. The lowest BCUT2D eigenvalue weighted by molar-refractivity contribution is 0.289. The number of aryl methyl sites for hydroxylation is 3. The fourth-order valence-electron chi connectivity index (χ4n) is 2.80. The van der Waals surface area contributed by atoms with E-state index in [1.165, 1.54) is 6.33 Å². The Balaban J connectivity index is 1.64. The molecule has 0 fully saturated rings. The van der Waals surface area contributed by atoms with Crippen molar-refractivity contribution in [2.45, 2.75) is 27.0 Å². The molecule has 0 amide bonds. The molecule has 0 unspecified atom stereocenters. The molecule has 8 nitrogen and oxygen atoms in total. The molecule has 0 aliphatic carbocycles. The zero-order valence-corrected chi connectivity index (χ0v) is 15.7. The Hall–Kier alpha value is -3.42. The average Bonchev–Trinajstić information content (AvgIpc) is 2.99. The van der Waals surface area contributed by atoms with E-state index in [-0.39, 0.29) is 0 Å². The molecule has 0 aliphatic heterocycles. The quantitative estimate of drug-likeness (QED) is 0.663. The maximum atomic E-state index is 5.78. The van der Waals surface area contributed by atoms with Gasteiger partial charge in [-0.1, -0.05) is 6.58 Å². The van der Waals surface area contributed by atoms with Crippen molar-refractivity contribution in [1.29, 1.82) is 0 Å². The van der Waals surface area contributed by atoms with Crippen LogP contribution in [0.25, 0.3) is 6.08 Å². The smallest absolute Gasteiger partial charge is 0.218 e. The summed E-state index contributed by atoms with van der Waals surface area (Å²) < 4.78 is 7.62. The highest BCUT2D eigenvalue weighted by molar-refractivity contribution is 5.44. The van der Waals surface area contributed by atoms with Crippen LogP contribution in [0.2, 0.25) is 0 Å². The summed E-state index contributed by atoms with van der Waals surface area (Å²) in [6.07, 6.45) is 5.06. The Bertz CT molecular complexity index is 941. The normalized spacial score (nSPS) is 10.6. The van der Waals surface area contributed by atoms with Crippen LogP contribution < -0.4 is 15.8 Å². The van der Waals surface area contributed by atoms with Crippen molar-refractivity contribution >= 4 is 17.7 Å². The molecule has 3 rings (SSSR count). The summed E-state index contributed by atoms with van der Waals surface area (Å²) in [6.45, 7) is 8.60. The minimum Gasteiger partial charge on any atom is -0.471 e. The Morgan fingerprint density at radius 1 is 1.26 bits per heavy atom. The van der Waals surface area contributed by atoms with E-state index in [1.807, 2.05) is 37.7 Å². The van der Waals surface area contributed by atoms with Gasteiger partial charge in [0.2, 0.25) is 5.88 Å². The predicted octanol–water partition coefficient (Wildman–Crippen LogP) is 2.64. The van der Waals surface area contributed by atoms with E-state index in [0.717, 1.165) is 28.3 Å². The van der Waals surface area contributed by atoms with E-state index in [0.29, 0.717) is 30.7 Å². The molecule has 0 spiro atoms.